The van der Waals surface area contributed by atoms with Crippen LogP contribution in [0, 0.1) is 11.3 Å². The molecule has 2 heterocycles. The number of halogens is 2. The van der Waals surface area contributed by atoms with E-state index in [1.165, 1.54) is 12.3 Å². The van der Waals surface area contributed by atoms with Gasteiger partial charge in [-0.1, -0.05) is 47.5 Å². The maximum absolute atomic E-state index is 12.8. The minimum absolute atomic E-state index is 0.149. The Kier molecular flexibility index (Phi) is 10.2. The first kappa shape index (κ1) is 31.1. The highest BCUT2D eigenvalue weighted by atomic mass is 35.5. The van der Waals surface area contributed by atoms with Gasteiger partial charge in [0.25, 0.3) is 0 Å². The molecule has 0 saturated carbocycles. The molecule has 0 spiro atoms. The third-order valence-electron chi connectivity index (χ3n) is 6.81. The number of aromatic nitrogens is 1. The summed E-state index contributed by atoms with van der Waals surface area (Å²) in [5.74, 6) is 0.646. The van der Waals surface area contributed by atoms with Crippen molar-refractivity contribution in [3.63, 3.8) is 0 Å². The molecular weight excluding hydrogens is 601 g/mol. The second kappa shape index (κ2) is 14.4. The van der Waals surface area contributed by atoms with Crippen LogP contribution in [0.1, 0.15) is 17.5 Å². The Labute approximate surface area is 265 Å². The molecule has 3 aromatic carbocycles. The normalized spacial score (nSPS) is 14.6. The van der Waals surface area contributed by atoms with Crippen LogP contribution in [-0.4, -0.2) is 55.7 Å². The van der Waals surface area contributed by atoms with Crippen molar-refractivity contribution in [2.75, 3.05) is 44.5 Å². The molecule has 2 N–H and O–H groups in total. The van der Waals surface area contributed by atoms with Crippen molar-refractivity contribution >= 4 is 57.1 Å². The Bertz CT molecular complexity index is 1730. The number of carbonyl (C=O) groups is 1. The lowest BCUT2D eigenvalue weighted by Crippen LogP contribution is -2.18. The van der Waals surface area contributed by atoms with E-state index >= 15 is 0 Å². The van der Waals surface area contributed by atoms with Crippen LogP contribution in [0.2, 0.25) is 10.0 Å². The van der Waals surface area contributed by atoms with E-state index in [1.54, 1.807) is 42.5 Å². The van der Waals surface area contributed by atoms with Gasteiger partial charge in [0.05, 0.1) is 40.7 Å². The highest BCUT2D eigenvalue weighted by molar-refractivity contribution is 6.32. The van der Waals surface area contributed by atoms with E-state index in [0.717, 1.165) is 12.0 Å². The van der Waals surface area contributed by atoms with Gasteiger partial charge in [-0.25, -0.2) is 0 Å². The van der Waals surface area contributed by atoms with E-state index in [0.29, 0.717) is 74.8 Å². The fraction of sp³-hybridized carbons (Fsp3) is 0.242. The van der Waals surface area contributed by atoms with Gasteiger partial charge in [-0.05, 0) is 44.4 Å². The molecule has 226 valence electrons. The largest absolute Gasteiger partial charge is 0.487 e. The molecule has 11 heteroatoms. The van der Waals surface area contributed by atoms with Gasteiger partial charge in [-0.2, -0.15) is 5.26 Å². The molecule has 1 aromatic heterocycles. The Hall–Kier alpha value is -4.33. The molecule has 1 aliphatic heterocycles. The van der Waals surface area contributed by atoms with Crippen molar-refractivity contribution in [2.45, 2.75) is 19.1 Å². The van der Waals surface area contributed by atoms with Crippen LogP contribution in [0.3, 0.4) is 0 Å². The fourth-order valence-corrected chi connectivity index (χ4v) is 5.00. The van der Waals surface area contributed by atoms with Crippen molar-refractivity contribution in [3.8, 4) is 17.6 Å². The summed E-state index contributed by atoms with van der Waals surface area (Å²) in [6.45, 7) is 1.94. The third kappa shape index (κ3) is 7.78. The number of ether oxygens (including phenoxy) is 3. The molecule has 4 aromatic rings. The third-order valence-corrected chi connectivity index (χ3v) is 7.48. The number of amides is 1. The number of fused-ring (bicyclic) bond motifs is 1. The molecule has 44 heavy (non-hydrogen) atoms. The number of pyridine rings is 1. The molecular formula is C33H31Cl2N5O4. The number of nitrogens with one attached hydrogen (secondary N) is 2. The summed E-state index contributed by atoms with van der Waals surface area (Å²) in [7, 11) is 3.84. The summed E-state index contributed by atoms with van der Waals surface area (Å²) < 4.78 is 17.6. The van der Waals surface area contributed by atoms with Crippen molar-refractivity contribution < 1.29 is 19.0 Å². The van der Waals surface area contributed by atoms with Gasteiger partial charge < -0.3 is 29.7 Å². The van der Waals surface area contributed by atoms with E-state index in [4.69, 9.17) is 37.4 Å². The van der Waals surface area contributed by atoms with Crippen LogP contribution in [0.15, 0.2) is 72.9 Å². The van der Waals surface area contributed by atoms with Gasteiger partial charge >= 0.3 is 0 Å². The quantitative estimate of drug-likeness (QED) is 0.171. The summed E-state index contributed by atoms with van der Waals surface area (Å²) in [4.78, 5) is 19.3. The van der Waals surface area contributed by atoms with Crippen LogP contribution >= 0.6 is 23.2 Å². The van der Waals surface area contributed by atoms with Crippen molar-refractivity contribution in [1.82, 2.24) is 9.88 Å². The number of nitrogens with zero attached hydrogens (tertiary/aromatic N) is 3. The summed E-state index contributed by atoms with van der Waals surface area (Å²) in [6, 6.07) is 18.4. The van der Waals surface area contributed by atoms with Gasteiger partial charge in [0.1, 0.15) is 30.3 Å². The van der Waals surface area contributed by atoms with E-state index in [1.807, 2.05) is 37.2 Å². The molecule has 5 rings (SSSR count). The molecule has 1 saturated heterocycles. The van der Waals surface area contributed by atoms with Crippen molar-refractivity contribution in [1.29, 1.82) is 5.26 Å². The van der Waals surface area contributed by atoms with Crippen molar-refractivity contribution in [2.24, 2.45) is 0 Å². The highest BCUT2D eigenvalue weighted by Crippen LogP contribution is 2.38. The zero-order valence-corrected chi connectivity index (χ0v) is 25.8. The monoisotopic (exact) mass is 631 g/mol. The Morgan fingerprint density at radius 2 is 2.00 bits per heavy atom. The van der Waals surface area contributed by atoms with Gasteiger partial charge in [-0.3, -0.25) is 9.78 Å². The first-order valence-electron chi connectivity index (χ1n) is 14.0. The molecule has 9 nitrogen and oxygen atoms in total. The lowest BCUT2D eigenvalue weighted by molar-refractivity contribution is -0.111. The summed E-state index contributed by atoms with van der Waals surface area (Å²) >= 11 is 12.8. The first-order chi connectivity index (χ1) is 21.3. The van der Waals surface area contributed by atoms with E-state index in [-0.39, 0.29) is 18.6 Å². The smallest absolute Gasteiger partial charge is 0.248 e. The van der Waals surface area contributed by atoms with Crippen LogP contribution in [-0.2, 0) is 16.1 Å². The number of hydrogen-bond donors (Lipinski definition) is 2. The summed E-state index contributed by atoms with van der Waals surface area (Å²) in [5.41, 5.74) is 3.32. The molecule has 1 fully saturated rings. The molecule has 0 unspecified atom stereocenters. The Balaban J connectivity index is 1.45. The van der Waals surface area contributed by atoms with Gasteiger partial charge in [0, 0.05) is 53.0 Å². The molecule has 1 atom stereocenters. The summed E-state index contributed by atoms with van der Waals surface area (Å²) in [6.07, 6.45) is 5.34. The number of rotatable bonds is 11. The number of carbonyl (C=O) groups excluding carboxylic acids is 1. The number of likely N-dealkylation sites (N-methyl/N-ethyl adjacent to an activating group) is 1. The average molecular weight is 633 g/mol. The number of anilines is 3. The van der Waals surface area contributed by atoms with Crippen LogP contribution < -0.4 is 20.1 Å². The standard InChI is InChI=1S/C33H31Cl2N5O4/c1-40(2)12-5-8-32(41)39-29-15-25-28(16-31(29)44-24-11-13-42-20-24)37-18-22(17-36)33(25)38-23-9-10-30(27(35)14-23)43-19-21-6-3-4-7-26(21)34/h3-10,14-16,18,24H,11-13,19-20H2,1-2H3,(H,37,38)(H,39,41)/t24-/m0/s1. The van der Waals surface area contributed by atoms with E-state index < -0.39 is 0 Å². The van der Waals surface area contributed by atoms with Crippen molar-refractivity contribution in [3.05, 3.63) is 94.1 Å². The molecule has 0 radical (unpaired) electrons. The topological polar surface area (TPSA) is 109 Å². The predicted octanol–water partition coefficient (Wildman–Crippen LogP) is 6.96. The lowest BCUT2D eigenvalue weighted by atomic mass is 10.1. The number of benzene rings is 3. The Morgan fingerprint density at radius 3 is 2.73 bits per heavy atom. The Morgan fingerprint density at radius 1 is 1.16 bits per heavy atom. The number of nitriles is 1. The average Bonchev–Trinajstić information content (AvgIpc) is 3.51. The van der Waals surface area contributed by atoms with Crippen LogP contribution in [0.25, 0.3) is 10.9 Å². The molecule has 0 bridgehead atoms. The van der Waals surface area contributed by atoms with Gasteiger partial charge in [0.15, 0.2) is 0 Å². The van der Waals surface area contributed by atoms with Gasteiger partial charge in [-0.15, -0.1) is 0 Å². The fourth-order valence-electron chi connectivity index (χ4n) is 4.58. The predicted molar refractivity (Wildman–Crippen MR) is 173 cm³/mol. The maximum atomic E-state index is 12.8. The van der Waals surface area contributed by atoms with E-state index in [2.05, 4.69) is 21.7 Å². The lowest BCUT2D eigenvalue weighted by Gasteiger charge is -2.19. The highest BCUT2D eigenvalue weighted by Gasteiger charge is 2.21. The SMILES string of the molecule is CN(C)CC=CC(=O)Nc1cc2c(Nc3ccc(OCc4ccccc4Cl)c(Cl)c3)c(C#N)cnc2cc1O[C@H]1CCOC1. The minimum Gasteiger partial charge on any atom is -0.487 e. The zero-order valence-electron chi connectivity index (χ0n) is 24.3. The zero-order chi connectivity index (χ0) is 31.1. The summed E-state index contributed by atoms with van der Waals surface area (Å²) in [5, 5.41) is 17.8. The maximum Gasteiger partial charge on any atom is 0.248 e. The van der Waals surface area contributed by atoms with Crippen LogP contribution in [0.4, 0.5) is 17.1 Å². The molecule has 0 aliphatic carbocycles. The molecule has 1 amide bonds. The minimum atomic E-state index is -0.309. The van der Waals surface area contributed by atoms with Gasteiger partial charge in [0.2, 0.25) is 5.91 Å². The van der Waals surface area contributed by atoms with E-state index in [9.17, 15) is 10.1 Å². The second-order valence-corrected chi connectivity index (χ2v) is 11.2. The second-order valence-electron chi connectivity index (χ2n) is 10.4. The van der Waals surface area contributed by atoms with Crippen LogP contribution in [0.5, 0.6) is 11.5 Å². The number of hydrogen-bond acceptors (Lipinski definition) is 8. The molecule has 1 aliphatic rings. The first-order valence-corrected chi connectivity index (χ1v) is 14.7.